The fourth-order valence-electron chi connectivity index (χ4n) is 1.47. The molecule has 19 heavy (non-hydrogen) atoms. The monoisotopic (exact) mass is 345 g/mol. The van der Waals surface area contributed by atoms with E-state index < -0.39 is 17.5 Å². The van der Waals surface area contributed by atoms with Crippen molar-refractivity contribution < 1.29 is 13.6 Å². The van der Waals surface area contributed by atoms with Gasteiger partial charge in [0.25, 0.3) is 5.91 Å². The zero-order valence-corrected chi connectivity index (χ0v) is 11.7. The van der Waals surface area contributed by atoms with Gasteiger partial charge in [0.15, 0.2) is 5.82 Å². The minimum Gasteiger partial charge on any atom is -0.319 e. The van der Waals surface area contributed by atoms with E-state index in [1.807, 2.05) is 0 Å². The molecule has 0 unspecified atom stereocenters. The molecule has 0 aliphatic heterocycles. The molecule has 2 aromatic rings. The summed E-state index contributed by atoms with van der Waals surface area (Å²) in [7, 11) is 0. The lowest BCUT2D eigenvalue weighted by atomic mass is 10.2. The Bertz CT molecular complexity index is 649. The van der Waals surface area contributed by atoms with Crippen LogP contribution in [-0.4, -0.2) is 5.91 Å². The first-order chi connectivity index (χ1) is 9.00. The van der Waals surface area contributed by atoms with E-state index in [-0.39, 0.29) is 20.7 Å². The van der Waals surface area contributed by atoms with Gasteiger partial charge in [-0.05, 0) is 40.2 Å². The first-order valence-corrected chi connectivity index (χ1v) is 6.37. The predicted molar refractivity (Wildman–Crippen MR) is 73.5 cm³/mol. The van der Waals surface area contributed by atoms with Crippen LogP contribution in [0.3, 0.4) is 0 Å². The van der Waals surface area contributed by atoms with Gasteiger partial charge in [0.1, 0.15) is 5.82 Å². The molecule has 0 saturated carbocycles. The van der Waals surface area contributed by atoms with Crippen LogP contribution in [0.1, 0.15) is 10.4 Å². The Morgan fingerprint density at radius 1 is 1.11 bits per heavy atom. The number of anilines is 1. The van der Waals surface area contributed by atoms with Crippen LogP contribution in [-0.2, 0) is 0 Å². The van der Waals surface area contributed by atoms with Crippen molar-refractivity contribution in [1.82, 2.24) is 0 Å². The molecule has 0 aliphatic carbocycles. The zero-order chi connectivity index (χ0) is 14.0. The molecule has 0 saturated heterocycles. The third-order valence-corrected chi connectivity index (χ3v) is 3.30. The molecular formula is C13H7BrClF2NO. The summed E-state index contributed by atoms with van der Waals surface area (Å²) in [5.41, 5.74) is -0.286. The fraction of sp³-hybridized carbons (Fsp3) is 0. The Morgan fingerprint density at radius 2 is 1.79 bits per heavy atom. The molecule has 0 radical (unpaired) electrons. The van der Waals surface area contributed by atoms with E-state index in [1.165, 1.54) is 36.4 Å². The largest absolute Gasteiger partial charge is 0.319 e. The van der Waals surface area contributed by atoms with Crippen LogP contribution < -0.4 is 5.32 Å². The molecule has 1 N–H and O–H groups in total. The van der Waals surface area contributed by atoms with E-state index in [9.17, 15) is 13.6 Å². The zero-order valence-electron chi connectivity index (χ0n) is 9.38. The van der Waals surface area contributed by atoms with Crippen molar-refractivity contribution in [3.05, 3.63) is 63.1 Å². The number of hydrogen-bond donors (Lipinski definition) is 1. The van der Waals surface area contributed by atoms with Gasteiger partial charge in [-0.3, -0.25) is 4.79 Å². The van der Waals surface area contributed by atoms with Crippen LogP contribution in [0.5, 0.6) is 0 Å². The third kappa shape index (κ3) is 2.93. The maximum atomic E-state index is 13.7. The number of amides is 1. The maximum Gasteiger partial charge on any atom is 0.258 e. The maximum absolute atomic E-state index is 13.7. The van der Waals surface area contributed by atoms with Crippen molar-refractivity contribution in [1.29, 1.82) is 0 Å². The fourth-order valence-corrected chi connectivity index (χ4v) is 2.01. The van der Waals surface area contributed by atoms with Gasteiger partial charge in [0.05, 0.1) is 20.7 Å². The number of carbonyl (C=O) groups excluding carboxylic acids is 1. The number of hydrogen-bond acceptors (Lipinski definition) is 1. The Labute approximate surface area is 121 Å². The van der Waals surface area contributed by atoms with Crippen molar-refractivity contribution in [2.45, 2.75) is 0 Å². The molecule has 2 nitrogen and oxygen atoms in total. The van der Waals surface area contributed by atoms with Crippen molar-refractivity contribution in [2.24, 2.45) is 0 Å². The molecule has 0 atom stereocenters. The van der Waals surface area contributed by atoms with Crippen LogP contribution in [0.15, 0.2) is 40.9 Å². The summed E-state index contributed by atoms with van der Waals surface area (Å²) in [5, 5.41) is 2.16. The summed E-state index contributed by atoms with van der Waals surface area (Å²) in [6.07, 6.45) is 0. The summed E-state index contributed by atoms with van der Waals surface area (Å²) < 4.78 is 27.5. The summed E-state index contributed by atoms with van der Waals surface area (Å²) >= 11 is 8.57. The Kier molecular flexibility index (Phi) is 4.17. The van der Waals surface area contributed by atoms with Crippen LogP contribution in [0.2, 0.25) is 5.02 Å². The van der Waals surface area contributed by atoms with Gasteiger partial charge < -0.3 is 5.32 Å². The van der Waals surface area contributed by atoms with Crippen molar-refractivity contribution >= 4 is 39.1 Å². The SMILES string of the molecule is O=C(Nc1cccc(Cl)c1F)c1cccc(Br)c1F. The van der Waals surface area contributed by atoms with Gasteiger partial charge in [-0.2, -0.15) is 0 Å². The number of rotatable bonds is 2. The second-order valence-electron chi connectivity index (χ2n) is 3.66. The molecular weight excluding hydrogens is 340 g/mol. The quantitative estimate of drug-likeness (QED) is 0.844. The second kappa shape index (κ2) is 5.67. The standard InChI is InChI=1S/C13H7BrClF2NO/c14-8-4-1-3-7(11(8)16)13(19)18-10-6-2-5-9(15)12(10)17/h1-6H,(H,18,19). The van der Waals surface area contributed by atoms with E-state index in [0.717, 1.165) is 0 Å². The van der Waals surface area contributed by atoms with Crippen molar-refractivity contribution in [2.75, 3.05) is 5.32 Å². The van der Waals surface area contributed by atoms with Gasteiger partial charge >= 0.3 is 0 Å². The topological polar surface area (TPSA) is 29.1 Å². The first-order valence-electron chi connectivity index (χ1n) is 5.20. The summed E-state index contributed by atoms with van der Waals surface area (Å²) in [4.78, 5) is 11.9. The average Bonchev–Trinajstić information content (AvgIpc) is 2.38. The van der Waals surface area contributed by atoms with E-state index >= 15 is 0 Å². The molecule has 0 bridgehead atoms. The smallest absolute Gasteiger partial charge is 0.258 e. The van der Waals surface area contributed by atoms with Gasteiger partial charge in [0, 0.05) is 0 Å². The third-order valence-electron chi connectivity index (χ3n) is 2.40. The highest BCUT2D eigenvalue weighted by atomic mass is 79.9. The van der Waals surface area contributed by atoms with Crippen LogP contribution >= 0.6 is 27.5 Å². The summed E-state index contributed by atoms with van der Waals surface area (Å²) in [6, 6.07) is 8.46. The molecule has 0 fully saturated rings. The molecule has 98 valence electrons. The lowest BCUT2D eigenvalue weighted by Crippen LogP contribution is -2.15. The number of benzene rings is 2. The Morgan fingerprint density at radius 3 is 2.53 bits per heavy atom. The molecule has 0 aromatic heterocycles. The van der Waals surface area contributed by atoms with E-state index in [1.54, 1.807) is 0 Å². The van der Waals surface area contributed by atoms with Gasteiger partial charge in [0.2, 0.25) is 0 Å². The average molecular weight is 347 g/mol. The summed E-state index contributed by atoms with van der Waals surface area (Å²) in [6.45, 7) is 0. The lowest BCUT2D eigenvalue weighted by molar-refractivity contribution is 0.102. The molecule has 0 heterocycles. The second-order valence-corrected chi connectivity index (χ2v) is 4.92. The van der Waals surface area contributed by atoms with Gasteiger partial charge in [-0.25, -0.2) is 8.78 Å². The highest BCUT2D eigenvalue weighted by molar-refractivity contribution is 9.10. The van der Waals surface area contributed by atoms with Crippen LogP contribution in [0.4, 0.5) is 14.5 Å². The molecule has 0 spiro atoms. The molecule has 1 amide bonds. The van der Waals surface area contributed by atoms with Crippen molar-refractivity contribution in [3.63, 3.8) is 0 Å². The molecule has 2 rings (SSSR count). The highest BCUT2D eigenvalue weighted by Gasteiger charge is 2.16. The number of halogens is 4. The van der Waals surface area contributed by atoms with E-state index in [0.29, 0.717) is 0 Å². The van der Waals surface area contributed by atoms with Crippen LogP contribution in [0.25, 0.3) is 0 Å². The Balaban J connectivity index is 2.31. The Hall–Kier alpha value is -1.46. The predicted octanol–water partition coefficient (Wildman–Crippen LogP) is 4.63. The molecule has 0 aliphatic rings. The lowest BCUT2D eigenvalue weighted by Gasteiger charge is -2.08. The van der Waals surface area contributed by atoms with E-state index in [2.05, 4.69) is 21.2 Å². The van der Waals surface area contributed by atoms with Gasteiger partial charge in [-0.15, -0.1) is 0 Å². The molecule has 6 heteroatoms. The first kappa shape index (κ1) is 14.0. The summed E-state index contributed by atoms with van der Waals surface area (Å²) in [5.74, 6) is -2.21. The number of carbonyl (C=O) groups is 1. The highest BCUT2D eigenvalue weighted by Crippen LogP contribution is 2.24. The van der Waals surface area contributed by atoms with Crippen LogP contribution in [0, 0.1) is 11.6 Å². The normalized spacial score (nSPS) is 10.3. The minimum absolute atomic E-state index is 0.100. The van der Waals surface area contributed by atoms with Gasteiger partial charge in [-0.1, -0.05) is 23.7 Å². The van der Waals surface area contributed by atoms with Crippen molar-refractivity contribution in [3.8, 4) is 0 Å². The number of nitrogens with one attached hydrogen (secondary N) is 1. The van der Waals surface area contributed by atoms with E-state index in [4.69, 9.17) is 11.6 Å². The minimum atomic E-state index is -0.757. The molecule has 2 aromatic carbocycles.